The highest BCUT2D eigenvalue weighted by atomic mass is 32.1. The van der Waals surface area contributed by atoms with Crippen molar-refractivity contribution in [3.63, 3.8) is 0 Å². The lowest BCUT2D eigenvalue weighted by atomic mass is 9.98. The fraction of sp³-hybridized carbons (Fsp3) is 0.318. The smallest absolute Gasteiger partial charge is 0.237 e. The van der Waals surface area contributed by atoms with Crippen molar-refractivity contribution in [1.82, 2.24) is 9.80 Å². The predicted octanol–water partition coefficient (Wildman–Crippen LogP) is 4.98. The number of hydrogen-bond acceptors (Lipinski definition) is 4. The number of amides is 1. The van der Waals surface area contributed by atoms with Gasteiger partial charge in [0.15, 0.2) is 0 Å². The normalized spacial score (nSPS) is 18.1. The van der Waals surface area contributed by atoms with Crippen molar-refractivity contribution in [2.75, 3.05) is 20.1 Å². The molecule has 3 nitrogen and oxygen atoms in total. The number of thiophene rings is 2. The first-order chi connectivity index (χ1) is 13.1. The molecule has 0 saturated heterocycles. The Hall–Kier alpha value is -1.95. The van der Waals surface area contributed by atoms with E-state index in [0.717, 1.165) is 13.0 Å². The maximum absolute atomic E-state index is 13.1. The van der Waals surface area contributed by atoms with Crippen molar-refractivity contribution in [2.24, 2.45) is 0 Å². The first-order valence-electron chi connectivity index (χ1n) is 9.29. The molecule has 1 amide bonds. The van der Waals surface area contributed by atoms with Gasteiger partial charge >= 0.3 is 0 Å². The lowest BCUT2D eigenvalue weighted by Crippen LogP contribution is -2.43. The highest BCUT2D eigenvalue weighted by molar-refractivity contribution is 7.10. The van der Waals surface area contributed by atoms with E-state index in [2.05, 4.69) is 52.9 Å². The molecule has 1 aliphatic rings. The van der Waals surface area contributed by atoms with E-state index in [1.807, 2.05) is 41.5 Å². The number of hydrogen-bond donors (Lipinski definition) is 0. The zero-order valence-electron chi connectivity index (χ0n) is 15.7. The van der Waals surface area contributed by atoms with Crippen LogP contribution in [0.4, 0.5) is 0 Å². The van der Waals surface area contributed by atoms with Crippen LogP contribution in [0, 0.1) is 0 Å². The quantitative estimate of drug-likeness (QED) is 0.607. The van der Waals surface area contributed by atoms with Crippen molar-refractivity contribution in [3.8, 4) is 0 Å². The van der Waals surface area contributed by atoms with Gasteiger partial charge in [-0.3, -0.25) is 9.69 Å². The minimum absolute atomic E-state index is 0.0698. The number of nitrogens with zero attached hydrogens (tertiary/aromatic N) is 2. The predicted molar refractivity (Wildman–Crippen MR) is 113 cm³/mol. The second kappa shape index (κ2) is 7.97. The Labute approximate surface area is 168 Å². The highest BCUT2D eigenvalue weighted by Crippen LogP contribution is 2.39. The summed E-state index contributed by atoms with van der Waals surface area (Å²) >= 11 is 3.62. The lowest BCUT2D eigenvalue weighted by Gasteiger charge is -2.36. The van der Waals surface area contributed by atoms with Crippen LogP contribution < -0.4 is 0 Å². The average Bonchev–Trinajstić information content (AvgIpc) is 3.39. The SMILES string of the molecule is C[C@@H](c1ccccc1)N(C)C(=O)CN1CCc2sccc2[C@H]1c1cccs1. The molecule has 0 N–H and O–H groups in total. The van der Waals surface area contributed by atoms with Gasteiger partial charge in [0.1, 0.15) is 0 Å². The maximum atomic E-state index is 13.1. The molecule has 2 aromatic heterocycles. The Balaban J connectivity index is 1.53. The van der Waals surface area contributed by atoms with E-state index in [-0.39, 0.29) is 18.0 Å². The van der Waals surface area contributed by atoms with Crippen molar-refractivity contribution in [1.29, 1.82) is 0 Å². The molecule has 0 fully saturated rings. The summed E-state index contributed by atoms with van der Waals surface area (Å²) < 4.78 is 0. The van der Waals surface area contributed by atoms with Crippen LogP contribution in [0.5, 0.6) is 0 Å². The summed E-state index contributed by atoms with van der Waals surface area (Å²) in [7, 11) is 1.92. The summed E-state index contributed by atoms with van der Waals surface area (Å²) in [4.78, 5) is 20.1. The van der Waals surface area contributed by atoms with Crippen LogP contribution >= 0.6 is 22.7 Å². The molecule has 0 radical (unpaired) electrons. The van der Waals surface area contributed by atoms with Gasteiger partial charge in [-0.05, 0) is 47.4 Å². The van der Waals surface area contributed by atoms with Crippen LogP contribution in [-0.2, 0) is 11.2 Å². The molecule has 1 aromatic carbocycles. The minimum Gasteiger partial charge on any atom is -0.338 e. The monoisotopic (exact) mass is 396 g/mol. The van der Waals surface area contributed by atoms with Gasteiger partial charge in [-0.2, -0.15) is 0 Å². The van der Waals surface area contributed by atoms with Crippen LogP contribution in [-0.4, -0.2) is 35.8 Å². The second-order valence-corrected chi connectivity index (χ2v) is 9.01. The number of carbonyl (C=O) groups excluding carboxylic acids is 1. The van der Waals surface area contributed by atoms with E-state index in [9.17, 15) is 4.79 Å². The van der Waals surface area contributed by atoms with Gasteiger partial charge in [-0.1, -0.05) is 36.4 Å². The fourth-order valence-corrected chi connectivity index (χ4v) is 5.56. The summed E-state index contributed by atoms with van der Waals surface area (Å²) in [5, 5.41) is 4.31. The third-order valence-corrected chi connectivity index (χ3v) is 7.39. The molecular weight excluding hydrogens is 372 g/mol. The topological polar surface area (TPSA) is 23.6 Å². The van der Waals surface area contributed by atoms with E-state index in [1.54, 1.807) is 11.3 Å². The van der Waals surface area contributed by atoms with E-state index in [4.69, 9.17) is 0 Å². The van der Waals surface area contributed by atoms with Crippen molar-refractivity contribution in [2.45, 2.75) is 25.4 Å². The van der Waals surface area contributed by atoms with Crippen molar-refractivity contribution >= 4 is 28.6 Å². The molecule has 2 atom stereocenters. The van der Waals surface area contributed by atoms with E-state index < -0.39 is 0 Å². The summed E-state index contributed by atoms with van der Waals surface area (Å²) in [5.74, 6) is 0.173. The lowest BCUT2D eigenvalue weighted by molar-refractivity contribution is -0.133. The standard InChI is InChI=1S/C22H24N2OS2/c1-16(17-7-4-3-5-8-17)23(2)21(25)15-24-12-10-19-18(11-14-27-19)22(24)20-9-6-13-26-20/h3-9,11,13-14,16,22H,10,12,15H2,1-2H3/t16-,22-/m0/s1. The molecule has 5 heteroatoms. The summed E-state index contributed by atoms with van der Waals surface area (Å²) in [5.41, 5.74) is 2.54. The van der Waals surface area contributed by atoms with Crippen molar-refractivity contribution < 1.29 is 4.79 Å². The van der Waals surface area contributed by atoms with Crippen LogP contribution in [0.25, 0.3) is 0 Å². The maximum Gasteiger partial charge on any atom is 0.237 e. The Morgan fingerprint density at radius 2 is 1.96 bits per heavy atom. The second-order valence-electron chi connectivity index (χ2n) is 7.03. The van der Waals surface area contributed by atoms with Gasteiger partial charge in [0.05, 0.1) is 18.6 Å². The summed E-state index contributed by atoms with van der Waals surface area (Å²) in [6.07, 6.45) is 1.03. The third kappa shape index (κ3) is 3.72. The molecule has 0 unspecified atom stereocenters. The first-order valence-corrected chi connectivity index (χ1v) is 11.1. The molecule has 4 rings (SSSR count). The van der Waals surface area contributed by atoms with Crippen molar-refractivity contribution in [3.05, 3.63) is 80.2 Å². The molecule has 1 aliphatic heterocycles. The molecule has 0 spiro atoms. The Bertz CT molecular complexity index is 888. The van der Waals surface area contributed by atoms with Gasteiger partial charge in [-0.25, -0.2) is 0 Å². The van der Waals surface area contributed by atoms with Crippen LogP contribution in [0.1, 0.15) is 39.9 Å². The zero-order chi connectivity index (χ0) is 18.8. The Kier molecular flexibility index (Phi) is 5.43. The average molecular weight is 397 g/mol. The largest absolute Gasteiger partial charge is 0.338 e. The summed E-state index contributed by atoms with van der Waals surface area (Å²) in [6.45, 7) is 3.47. The van der Waals surface area contributed by atoms with Gasteiger partial charge < -0.3 is 4.90 Å². The fourth-order valence-electron chi connectivity index (χ4n) is 3.78. The van der Waals surface area contributed by atoms with Crippen LogP contribution in [0.15, 0.2) is 59.3 Å². The van der Waals surface area contributed by atoms with E-state index >= 15 is 0 Å². The molecular formula is C22H24N2OS2. The molecule has 27 heavy (non-hydrogen) atoms. The van der Waals surface area contributed by atoms with Crippen LogP contribution in [0.3, 0.4) is 0 Å². The van der Waals surface area contributed by atoms with E-state index in [0.29, 0.717) is 6.54 Å². The highest BCUT2D eigenvalue weighted by Gasteiger charge is 2.32. The number of fused-ring (bicyclic) bond motifs is 1. The number of likely N-dealkylation sites (N-methyl/N-ethyl adjacent to an activating group) is 1. The number of benzene rings is 1. The van der Waals surface area contributed by atoms with Gasteiger partial charge in [0.25, 0.3) is 0 Å². The van der Waals surface area contributed by atoms with Crippen LogP contribution in [0.2, 0.25) is 0 Å². The number of carbonyl (C=O) groups is 1. The number of rotatable bonds is 5. The third-order valence-electron chi connectivity index (χ3n) is 5.47. The molecule has 0 aliphatic carbocycles. The minimum atomic E-state index is 0.0698. The molecule has 3 aromatic rings. The molecule has 0 saturated carbocycles. The van der Waals surface area contributed by atoms with Gasteiger partial charge in [-0.15, -0.1) is 22.7 Å². The molecule has 140 valence electrons. The summed E-state index contributed by atoms with van der Waals surface area (Å²) in [6, 6.07) is 17.0. The van der Waals surface area contributed by atoms with Gasteiger partial charge in [0.2, 0.25) is 5.91 Å². The first kappa shape index (κ1) is 18.4. The Morgan fingerprint density at radius 1 is 1.15 bits per heavy atom. The molecule has 3 heterocycles. The van der Waals surface area contributed by atoms with Gasteiger partial charge in [0, 0.05) is 23.3 Å². The molecule has 0 bridgehead atoms. The van der Waals surface area contributed by atoms with E-state index in [1.165, 1.54) is 20.9 Å². The zero-order valence-corrected chi connectivity index (χ0v) is 17.3. The Morgan fingerprint density at radius 3 is 2.70 bits per heavy atom.